The fraction of sp³-hybridized carbons (Fsp3) is 0.464. The zero-order chi connectivity index (χ0) is 24.9. The molecule has 1 saturated carbocycles. The molecular weight excluding hydrogens is 444 g/mol. The highest BCUT2D eigenvalue weighted by atomic mass is 16.5. The predicted octanol–water partition coefficient (Wildman–Crippen LogP) is 4.80. The maximum atomic E-state index is 12.7. The van der Waals surface area contributed by atoms with Crippen molar-refractivity contribution in [3.63, 3.8) is 0 Å². The molecule has 4 rings (SSSR count). The summed E-state index contributed by atoms with van der Waals surface area (Å²) in [4.78, 5) is 37.7. The largest absolute Gasteiger partial charge is 0.481 e. The minimum atomic E-state index is -0.845. The molecule has 186 valence electrons. The average molecular weight is 479 g/mol. The number of carbonyl (C=O) groups is 3. The van der Waals surface area contributed by atoms with Gasteiger partial charge >= 0.3 is 12.1 Å². The van der Waals surface area contributed by atoms with Gasteiger partial charge in [0.25, 0.3) is 0 Å². The molecule has 0 bridgehead atoms. The van der Waals surface area contributed by atoms with E-state index in [-0.39, 0.29) is 42.9 Å². The van der Waals surface area contributed by atoms with Crippen LogP contribution in [0, 0.1) is 5.92 Å². The number of rotatable bonds is 10. The summed E-state index contributed by atoms with van der Waals surface area (Å²) in [5.41, 5.74) is 4.76. The van der Waals surface area contributed by atoms with Crippen molar-refractivity contribution < 1.29 is 24.2 Å². The topological polar surface area (TPSA) is 95.9 Å². The van der Waals surface area contributed by atoms with Crippen LogP contribution in [0.2, 0.25) is 0 Å². The number of hydrogen-bond donors (Lipinski definition) is 2. The molecule has 2 aromatic rings. The molecule has 2 aliphatic rings. The Morgan fingerprint density at radius 2 is 1.63 bits per heavy atom. The van der Waals surface area contributed by atoms with E-state index >= 15 is 0 Å². The summed E-state index contributed by atoms with van der Waals surface area (Å²) in [6, 6.07) is 16.5. The number of nitrogens with one attached hydrogen (secondary N) is 1. The van der Waals surface area contributed by atoms with Crippen LogP contribution in [0.1, 0.15) is 63.0 Å². The lowest BCUT2D eigenvalue weighted by atomic mass is 9.78. The molecule has 0 unspecified atom stereocenters. The number of nitrogens with zero attached hydrogens (tertiary/aromatic N) is 1. The Balaban J connectivity index is 1.21. The lowest BCUT2D eigenvalue weighted by Crippen LogP contribution is -2.47. The average Bonchev–Trinajstić information content (AvgIpc) is 3.12. The Hall–Kier alpha value is -3.35. The number of carbonyl (C=O) groups excluding carboxylic acids is 2. The standard InChI is InChI=1S/C28H34N2O5/c1-18(2)30(13-7-12-27(32)33)26(31)16-19-14-20(15-19)29-28(34)35-17-25-23-10-5-3-8-21(23)22-9-4-6-11-24(22)25/h3-6,8-11,18-20,25H,7,12-17H2,1-2H3,(H,29,34)(H,32,33). The second-order valence-corrected chi connectivity index (χ2v) is 9.89. The highest BCUT2D eigenvalue weighted by Crippen LogP contribution is 2.44. The van der Waals surface area contributed by atoms with E-state index in [0.717, 1.165) is 12.8 Å². The fourth-order valence-corrected chi connectivity index (χ4v) is 5.26. The van der Waals surface area contributed by atoms with Crippen LogP contribution < -0.4 is 5.32 Å². The van der Waals surface area contributed by atoms with Crippen LogP contribution in [0.15, 0.2) is 48.5 Å². The predicted molar refractivity (Wildman–Crippen MR) is 133 cm³/mol. The minimum absolute atomic E-state index is 0.0166. The van der Waals surface area contributed by atoms with Crippen molar-refractivity contribution in [2.75, 3.05) is 13.2 Å². The molecule has 0 aromatic heterocycles. The monoisotopic (exact) mass is 478 g/mol. The van der Waals surface area contributed by atoms with Crippen molar-refractivity contribution in [3.05, 3.63) is 59.7 Å². The van der Waals surface area contributed by atoms with Crippen LogP contribution in [0.5, 0.6) is 0 Å². The van der Waals surface area contributed by atoms with E-state index in [4.69, 9.17) is 9.84 Å². The van der Waals surface area contributed by atoms with Gasteiger partial charge in [-0.05, 0) is 61.3 Å². The van der Waals surface area contributed by atoms with Gasteiger partial charge in [0.2, 0.25) is 5.91 Å². The molecule has 0 radical (unpaired) electrons. The Kier molecular flexibility index (Phi) is 7.73. The first-order valence-corrected chi connectivity index (χ1v) is 12.5. The van der Waals surface area contributed by atoms with E-state index in [0.29, 0.717) is 19.4 Å². The van der Waals surface area contributed by atoms with Crippen LogP contribution in [-0.2, 0) is 14.3 Å². The van der Waals surface area contributed by atoms with Gasteiger partial charge in [-0.15, -0.1) is 0 Å². The molecule has 35 heavy (non-hydrogen) atoms. The molecule has 2 N–H and O–H groups in total. The van der Waals surface area contributed by atoms with Gasteiger partial charge in [-0.3, -0.25) is 9.59 Å². The quantitative estimate of drug-likeness (QED) is 0.512. The third kappa shape index (κ3) is 5.84. The Labute approximate surface area is 206 Å². The second kappa shape index (κ2) is 10.9. The summed E-state index contributed by atoms with van der Waals surface area (Å²) >= 11 is 0. The van der Waals surface area contributed by atoms with Crippen molar-refractivity contribution in [2.24, 2.45) is 5.92 Å². The smallest absolute Gasteiger partial charge is 0.407 e. The van der Waals surface area contributed by atoms with Crippen LogP contribution in [-0.4, -0.2) is 53.2 Å². The first kappa shape index (κ1) is 24.8. The van der Waals surface area contributed by atoms with E-state index in [9.17, 15) is 14.4 Å². The Morgan fingerprint density at radius 3 is 2.20 bits per heavy atom. The van der Waals surface area contributed by atoms with Gasteiger partial charge in [0, 0.05) is 37.4 Å². The number of carboxylic acids is 1. The molecule has 7 heteroatoms. The van der Waals surface area contributed by atoms with Crippen LogP contribution >= 0.6 is 0 Å². The summed E-state index contributed by atoms with van der Waals surface area (Å²) in [7, 11) is 0. The van der Waals surface area contributed by atoms with Crippen LogP contribution in [0.25, 0.3) is 11.1 Å². The number of alkyl carbamates (subject to hydrolysis) is 1. The molecule has 2 aliphatic carbocycles. The first-order chi connectivity index (χ1) is 16.8. The molecule has 7 nitrogen and oxygen atoms in total. The number of ether oxygens (including phenoxy) is 1. The van der Waals surface area contributed by atoms with E-state index < -0.39 is 12.1 Å². The van der Waals surface area contributed by atoms with Gasteiger partial charge in [0.15, 0.2) is 0 Å². The van der Waals surface area contributed by atoms with E-state index in [2.05, 4.69) is 29.6 Å². The lowest BCUT2D eigenvalue weighted by Gasteiger charge is -2.37. The number of hydrogen-bond acceptors (Lipinski definition) is 4. The number of benzene rings is 2. The summed E-state index contributed by atoms with van der Waals surface area (Å²) in [6.07, 6.45) is 2.02. The SMILES string of the molecule is CC(C)N(CCCC(=O)O)C(=O)CC1CC(NC(=O)OCC2c3ccccc3-c3ccccc32)C1. The van der Waals surface area contributed by atoms with Crippen molar-refractivity contribution in [1.29, 1.82) is 0 Å². The fourth-order valence-electron chi connectivity index (χ4n) is 5.26. The summed E-state index contributed by atoms with van der Waals surface area (Å²) in [5, 5.41) is 11.8. The molecule has 2 amide bonds. The second-order valence-electron chi connectivity index (χ2n) is 9.89. The molecule has 0 spiro atoms. The highest BCUT2D eigenvalue weighted by molar-refractivity contribution is 5.79. The van der Waals surface area contributed by atoms with Gasteiger partial charge in [0.1, 0.15) is 6.61 Å². The zero-order valence-corrected chi connectivity index (χ0v) is 20.4. The van der Waals surface area contributed by atoms with E-state index in [1.807, 2.05) is 38.1 Å². The molecular formula is C28H34N2O5. The van der Waals surface area contributed by atoms with Gasteiger partial charge < -0.3 is 20.1 Å². The maximum Gasteiger partial charge on any atom is 0.407 e. The summed E-state index contributed by atoms with van der Waals surface area (Å²) in [6.45, 7) is 4.63. The maximum absolute atomic E-state index is 12.7. The van der Waals surface area contributed by atoms with Crippen molar-refractivity contribution >= 4 is 18.0 Å². The molecule has 0 saturated heterocycles. The van der Waals surface area contributed by atoms with Crippen molar-refractivity contribution in [2.45, 2.75) is 64.0 Å². The van der Waals surface area contributed by atoms with Crippen molar-refractivity contribution in [3.8, 4) is 11.1 Å². The van der Waals surface area contributed by atoms with Crippen LogP contribution in [0.3, 0.4) is 0 Å². The third-order valence-corrected chi connectivity index (χ3v) is 7.10. The molecule has 0 aliphatic heterocycles. The number of carboxylic acid groups (broad SMARTS) is 1. The zero-order valence-electron chi connectivity index (χ0n) is 20.4. The van der Waals surface area contributed by atoms with Gasteiger partial charge in [-0.1, -0.05) is 48.5 Å². The molecule has 1 fully saturated rings. The Morgan fingerprint density at radius 1 is 1.03 bits per heavy atom. The highest BCUT2D eigenvalue weighted by Gasteiger charge is 2.34. The molecule has 0 atom stereocenters. The third-order valence-electron chi connectivity index (χ3n) is 7.10. The van der Waals surface area contributed by atoms with Crippen molar-refractivity contribution in [1.82, 2.24) is 10.2 Å². The molecule has 0 heterocycles. The summed E-state index contributed by atoms with van der Waals surface area (Å²) in [5.74, 6) is -0.539. The van der Waals surface area contributed by atoms with E-state index in [1.54, 1.807) is 4.90 Å². The normalized spacial score (nSPS) is 18.4. The first-order valence-electron chi connectivity index (χ1n) is 12.5. The van der Waals surface area contributed by atoms with Gasteiger partial charge in [-0.25, -0.2) is 4.79 Å². The number of aliphatic carboxylic acids is 1. The number of amides is 2. The number of fused-ring (bicyclic) bond motifs is 3. The van der Waals surface area contributed by atoms with Gasteiger partial charge in [0.05, 0.1) is 0 Å². The molecule has 2 aromatic carbocycles. The van der Waals surface area contributed by atoms with Gasteiger partial charge in [-0.2, -0.15) is 0 Å². The summed E-state index contributed by atoms with van der Waals surface area (Å²) < 4.78 is 5.62. The van der Waals surface area contributed by atoms with E-state index in [1.165, 1.54) is 22.3 Å². The lowest BCUT2D eigenvalue weighted by molar-refractivity contribution is -0.139. The Bertz CT molecular complexity index is 1030. The van der Waals surface area contributed by atoms with Crippen LogP contribution in [0.4, 0.5) is 4.79 Å². The minimum Gasteiger partial charge on any atom is -0.481 e.